The van der Waals surface area contributed by atoms with Crippen LogP contribution in [-0.2, 0) is 9.53 Å². The summed E-state index contributed by atoms with van der Waals surface area (Å²) in [5.74, 6) is 2.86. The highest BCUT2D eigenvalue weighted by molar-refractivity contribution is 6.32. The zero-order chi connectivity index (χ0) is 15.5. The first-order valence-corrected chi connectivity index (χ1v) is 9.30. The lowest BCUT2D eigenvalue weighted by Gasteiger charge is -2.59. The molecule has 3 heteroatoms. The third-order valence-electron chi connectivity index (χ3n) is 7.92. The first-order chi connectivity index (χ1) is 10.5. The first-order valence-electron chi connectivity index (χ1n) is 8.93. The van der Waals surface area contributed by atoms with Gasteiger partial charge in [0.05, 0.1) is 0 Å². The van der Waals surface area contributed by atoms with E-state index in [9.17, 15) is 4.79 Å². The van der Waals surface area contributed by atoms with Crippen LogP contribution in [0.1, 0.15) is 52.4 Å². The number of rotatable bonds is 1. The van der Waals surface area contributed by atoms with Crippen LogP contribution in [0.4, 0.5) is 0 Å². The van der Waals surface area contributed by atoms with Crippen molar-refractivity contribution in [3.05, 3.63) is 10.6 Å². The second kappa shape index (κ2) is 5.08. The van der Waals surface area contributed by atoms with Gasteiger partial charge in [-0.25, -0.2) is 0 Å². The van der Waals surface area contributed by atoms with Crippen molar-refractivity contribution in [2.45, 2.75) is 52.4 Å². The summed E-state index contributed by atoms with van der Waals surface area (Å²) >= 11 is 6.62. The van der Waals surface area contributed by atoms with Crippen molar-refractivity contribution in [3.63, 3.8) is 0 Å². The molecule has 0 aromatic carbocycles. The molecular weight excluding hydrogens is 296 g/mol. The van der Waals surface area contributed by atoms with Crippen LogP contribution in [0.3, 0.4) is 0 Å². The Kier molecular flexibility index (Phi) is 3.51. The summed E-state index contributed by atoms with van der Waals surface area (Å²) in [5, 5.41) is 0.880. The van der Waals surface area contributed by atoms with Gasteiger partial charge in [0.15, 0.2) is 0 Å². The fourth-order valence-electron chi connectivity index (χ4n) is 6.48. The first kappa shape index (κ1) is 15.2. The molecule has 0 aromatic heterocycles. The van der Waals surface area contributed by atoms with Crippen molar-refractivity contribution < 1.29 is 9.53 Å². The van der Waals surface area contributed by atoms with Gasteiger partial charge in [-0.2, -0.15) is 0 Å². The number of hydrogen-bond donors (Lipinski definition) is 0. The monoisotopic (exact) mass is 322 g/mol. The molecule has 4 rings (SSSR count). The third kappa shape index (κ3) is 1.86. The Morgan fingerprint density at radius 1 is 1.18 bits per heavy atom. The van der Waals surface area contributed by atoms with Gasteiger partial charge in [0.1, 0.15) is 6.29 Å². The molecule has 0 aromatic rings. The van der Waals surface area contributed by atoms with Gasteiger partial charge in [-0.3, -0.25) is 4.79 Å². The molecule has 3 fully saturated rings. The standard InChI is InChI=1S/C19H27ClO2/c1-18-7-8-22-11-13(18)3-4-14-15(18)5-6-19(2)16(14)9-12(10-21)17(19)20/h10,13-16H,3-9,11H2,1-2H3/t13-,14+,15-,16-,18-,19-/m0/s1. The van der Waals surface area contributed by atoms with E-state index in [1.165, 1.54) is 25.7 Å². The highest BCUT2D eigenvalue weighted by Crippen LogP contribution is 2.66. The topological polar surface area (TPSA) is 26.3 Å². The van der Waals surface area contributed by atoms with Crippen LogP contribution < -0.4 is 0 Å². The van der Waals surface area contributed by atoms with Gasteiger partial charge < -0.3 is 4.74 Å². The van der Waals surface area contributed by atoms with Gasteiger partial charge in [-0.05, 0) is 67.6 Å². The van der Waals surface area contributed by atoms with Gasteiger partial charge in [0.25, 0.3) is 0 Å². The Hall–Kier alpha value is -0.340. The van der Waals surface area contributed by atoms with Gasteiger partial charge >= 0.3 is 0 Å². The molecule has 3 aliphatic carbocycles. The van der Waals surface area contributed by atoms with E-state index in [0.29, 0.717) is 11.3 Å². The van der Waals surface area contributed by atoms with Crippen LogP contribution in [-0.4, -0.2) is 19.5 Å². The number of aldehydes is 1. The smallest absolute Gasteiger partial charge is 0.147 e. The number of hydrogen-bond acceptors (Lipinski definition) is 2. The van der Waals surface area contributed by atoms with E-state index in [4.69, 9.17) is 16.3 Å². The zero-order valence-corrected chi connectivity index (χ0v) is 14.5. The maximum atomic E-state index is 11.4. The van der Waals surface area contributed by atoms with Crippen molar-refractivity contribution in [3.8, 4) is 0 Å². The molecule has 1 saturated heterocycles. The molecule has 4 aliphatic rings. The van der Waals surface area contributed by atoms with Crippen molar-refractivity contribution in [1.29, 1.82) is 0 Å². The molecule has 0 unspecified atom stereocenters. The number of carbonyl (C=O) groups excluding carboxylic acids is 1. The van der Waals surface area contributed by atoms with Crippen molar-refractivity contribution in [1.82, 2.24) is 0 Å². The molecule has 2 saturated carbocycles. The molecule has 22 heavy (non-hydrogen) atoms. The molecule has 0 bridgehead atoms. The molecule has 1 aliphatic heterocycles. The highest BCUT2D eigenvalue weighted by Gasteiger charge is 2.59. The van der Waals surface area contributed by atoms with E-state index in [-0.39, 0.29) is 5.41 Å². The summed E-state index contributed by atoms with van der Waals surface area (Å²) in [7, 11) is 0. The summed E-state index contributed by atoms with van der Waals surface area (Å²) in [4.78, 5) is 11.4. The van der Waals surface area contributed by atoms with Gasteiger partial charge in [0, 0.05) is 29.2 Å². The lowest BCUT2D eigenvalue weighted by atomic mass is 9.47. The predicted octanol–water partition coefficient (Wildman–Crippen LogP) is 4.57. The third-order valence-corrected chi connectivity index (χ3v) is 8.60. The average Bonchev–Trinajstić information content (AvgIpc) is 2.78. The van der Waals surface area contributed by atoms with E-state index >= 15 is 0 Å². The lowest BCUT2D eigenvalue weighted by molar-refractivity contribution is -0.140. The Bertz CT molecular complexity index is 528. The van der Waals surface area contributed by atoms with Gasteiger partial charge in [-0.1, -0.05) is 25.4 Å². The fraction of sp³-hybridized carbons (Fsp3) is 0.842. The molecule has 0 radical (unpaired) electrons. The molecule has 0 N–H and O–H groups in total. The second-order valence-electron chi connectivity index (χ2n) is 8.60. The minimum Gasteiger partial charge on any atom is -0.381 e. The van der Waals surface area contributed by atoms with Crippen LogP contribution in [0.15, 0.2) is 10.6 Å². The SMILES string of the molecule is C[C@]12CCOC[C@@H]1CC[C@@H]1[C@@H]2CC[C@]2(C)C(Cl)=C(C=O)C[C@@H]12. The Balaban J connectivity index is 1.67. The van der Waals surface area contributed by atoms with Crippen molar-refractivity contribution in [2.75, 3.05) is 13.2 Å². The Morgan fingerprint density at radius 3 is 2.77 bits per heavy atom. The summed E-state index contributed by atoms with van der Waals surface area (Å²) in [6.07, 6.45) is 8.15. The molecule has 6 atom stereocenters. The van der Waals surface area contributed by atoms with Gasteiger partial charge in [-0.15, -0.1) is 0 Å². The van der Waals surface area contributed by atoms with Crippen molar-refractivity contribution >= 4 is 17.9 Å². The number of allylic oxidation sites excluding steroid dienone is 2. The normalized spacial score (nSPS) is 51.0. The molecule has 1 heterocycles. The molecule has 2 nitrogen and oxygen atoms in total. The van der Waals surface area contributed by atoms with Crippen LogP contribution in [0.2, 0.25) is 0 Å². The van der Waals surface area contributed by atoms with Crippen LogP contribution >= 0.6 is 11.6 Å². The number of halogens is 1. The average molecular weight is 323 g/mol. The van der Waals surface area contributed by atoms with Crippen molar-refractivity contribution in [2.24, 2.45) is 34.5 Å². The molecular formula is C19H27ClO2. The zero-order valence-electron chi connectivity index (χ0n) is 13.7. The van der Waals surface area contributed by atoms with Crippen LogP contribution in [0, 0.1) is 34.5 Å². The summed E-state index contributed by atoms with van der Waals surface area (Å²) in [6.45, 7) is 6.71. The van der Waals surface area contributed by atoms with Crippen LogP contribution in [0.5, 0.6) is 0 Å². The summed E-state index contributed by atoms with van der Waals surface area (Å²) in [5.41, 5.74) is 1.39. The summed E-state index contributed by atoms with van der Waals surface area (Å²) < 4.78 is 5.77. The molecule has 0 amide bonds. The van der Waals surface area contributed by atoms with E-state index in [0.717, 1.165) is 60.7 Å². The van der Waals surface area contributed by atoms with E-state index in [1.807, 2.05) is 0 Å². The van der Waals surface area contributed by atoms with E-state index in [1.54, 1.807) is 0 Å². The minimum absolute atomic E-state index is 0.0628. The fourth-order valence-corrected chi connectivity index (χ4v) is 6.83. The van der Waals surface area contributed by atoms with E-state index < -0.39 is 0 Å². The van der Waals surface area contributed by atoms with Crippen LogP contribution in [0.25, 0.3) is 0 Å². The predicted molar refractivity (Wildman–Crippen MR) is 87.6 cm³/mol. The number of fused-ring (bicyclic) bond motifs is 5. The largest absolute Gasteiger partial charge is 0.381 e. The number of carbonyl (C=O) groups is 1. The molecule has 0 spiro atoms. The van der Waals surface area contributed by atoms with E-state index in [2.05, 4.69) is 13.8 Å². The lowest BCUT2D eigenvalue weighted by Crippen LogP contribution is -2.54. The maximum absolute atomic E-state index is 11.4. The minimum atomic E-state index is 0.0628. The highest BCUT2D eigenvalue weighted by atomic mass is 35.5. The number of ether oxygens (including phenoxy) is 1. The Labute approximate surface area is 138 Å². The maximum Gasteiger partial charge on any atom is 0.147 e. The second-order valence-corrected chi connectivity index (χ2v) is 8.98. The molecule has 122 valence electrons. The Morgan fingerprint density at radius 2 is 2.00 bits per heavy atom. The quantitative estimate of drug-likeness (QED) is 0.661. The van der Waals surface area contributed by atoms with Gasteiger partial charge in [0.2, 0.25) is 0 Å². The summed E-state index contributed by atoms with van der Waals surface area (Å²) in [6, 6.07) is 0.